The third-order valence-corrected chi connectivity index (χ3v) is 4.16. The molecule has 0 fully saturated rings. The predicted octanol–water partition coefficient (Wildman–Crippen LogP) is 4.95. The molecule has 28 heavy (non-hydrogen) atoms. The Morgan fingerprint density at radius 1 is 1.07 bits per heavy atom. The third kappa shape index (κ3) is 5.42. The number of ether oxygens (including phenoxy) is 2. The predicted molar refractivity (Wildman–Crippen MR) is 107 cm³/mol. The maximum Gasteiger partial charge on any atom is 0.333 e. The molecule has 0 aliphatic rings. The van der Waals surface area contributed by atoms with Crippen LogP contribution >= 0.6 is 0 Å². The zero-order valence-electron chi connectivity index (χ0n) is 16.0. The molecule has 146 valence electrons. The van der Waals surface area contributed by atoms with Gasteiger partial charge in [0.25, 0.3) is 0 Å². The van der Waals surface area contributed by atoms with Gasteiger partial charge in [-0.2, -0.15) is 4.98 Å². The van der Waals surface area contributed by atoms with Gasteiger partial charge in [-0.1, -0.05) is 6.58 Å². The third-order valence-electron chi connectivity index (χ3n) is 4.16. The smallest absolute Gasteiger partial charge is 0.333 e. The molecule has 6 heteroatoms. The number of hydrogen-bond donors (Lipinski definition) is 0. The molecule has 0 spiro atoms. The van der Waals surface area contributed by atoms with Crippen molar-refractivity contribution in [2.75, 3.05) is 13.2 Å². The summed E-state index contributed by atoms with van der Waals surface area (Å²) in [5, 5.41) is 0. The molecule has 0 unspecified atom stereocenters. The molecule has 1 aromatic carbocycles. The zero-order chi connectivity index (χ0) is 19.8. The first-order valence-electron chi connectivity index (χ1n) is 9.41. The van der Waals surface area contributed by atoms with Crippen LogP contribution in [0.2, 0.25) is 0 Å². The minimum absolute atomic E-state index is 0.319. The van der Waals surface area contributed by atoms with Crippen molar-refractivity contribution in [1.82, 2.24) is 9.97 Å². The Kier molecular flexibility index (Phi) is 6.78. The summed E-state index contributed by atoms with van der Waals surface area (Å²) >= 11 is 0. The second-order valence-corrected chi connectivity index (χ2v) is 6.55. The first-order chi connectivity index (χ1) is 13.6. The van der Waals surface area contributed by atoms with E-state index in [0.29, 0.717) is 35.9 Å². The molecule has 0 atom stereocenters. The van der Waals surface area contributed by atoms with E-state index >= 15 is 0 Å². The highest BCUT2D eigenvalue weighted by Gasteiger charge is 2.08. The van der Waals surface area contributed by atoms with Crippen LogP contribution in [0.1, 0.15) is 32.6 Å². The molecule has 3 rings (SSSR count). The quantitative estimate of drug-likeness (QED) is 0.281. The first-order valence-corrected chi connectivity index (χ1v) is 9.41. The van der Waals surface area contributed by atoms with Crippen LogP contribution in [-0.4, -0.2) is 29.2 Å². The average Bonchev–Trinajstić information content (AvgIpc) is 3.14. The summed E-state index contributed by atoms with van der Waals surface area (Å²) in [7, 11) is 0. The molecule has 0 aliphatic heterocycles. The van der Waals surface area contributed by atoms with E-state index in [2.05, 4.69) is 16.5 Å². The number of hydrogen-bond acceptors (Lipinski definition) is 6. The topological polar surface area (TPSA) is 74.5 Å². The number of fused-ring (bicyclic) bond motifs is 1. The van der Waals surface area contributed by atoms with Gasteiger partial charge in [-0.15, -0.1) is 0 Å². The molecular weight excluding hydrogens is 356 g/mol. The highest BCUT2D eigenvalue weighted by Crippen LogP contribution is 2.25. The number of unbranched alkanes of at least 4 members (excludes halogenated alkanes) is 3. The summed E-state index contributed by atoms with van der Waals surface area (Å²) in [5.74, 6) is 1.04. The number of esters is 1. The van der Waals surface area contributed by atoms with Crippen molar-refractivity contribution >= 4 is 17.2 Å². The van der Waals surface area contributed by atoms with Crippen LogP contribution in [0.5, 0.6) is 5.75 Å². The molecule has 0 saturated heterocycles. The van der Waals surface area contributed by atoms with E-state index < -0.39 is 0 Å². The van der Waals surface area contributed by atoms with Crippen molar-refractivity contribution in [2.45, 2.75) is 32.6 Å². The van der Waals surface area contributed by atoms with Gasteiger partial charge >= 0.3 is 5.97 Å². The first kappa shape index (κ1) is 19.6. The second kappa shape index (κ2) is 9.69. The normalized spacial score (nSPS) is 10.8. The summed E-state index contributed by atoms with van der Waals surface area (Å²) in [5.41, 5.74) is 2.60. The van der Waals surface area contributed by atoms with Crippen molar-refractivity contribution in [3.8, 4) is 17.2 Å². The van der Waals surface area contributed by atoms with Crippen molar-refractivity contribution < 1.29 is 18.7 Å². The SMILES string of the molecule is C=C(C)C(=O)OCCCCCCOc1ccc(-c2nc3ncccc3o2)cc1. The van der Waals surface area contributed by atoms with Gasteiger partial charge in [-0.25, -0.2) is 9.78 Å². The summed E-state index contributed by atoms with van der Waals surface area (Å²) < 4.78 is 16.5. The minimum Gasteiger partial charge on any atom is -0.494 e. The number of aromatic nitrogens is 2. The summed E-state index contributed by atoms with van der Waals surface area (Å²) in [6, 6.07) is 11.3. The molecule has 0 radical (unpaired) electrons. The fourth-order valence-corrected chi connectivity index (χ4v) is 2.62. The van der Waals surface area contributed by atoms with E-state index in [-0.39, 0.29) is 5.97 Å². The Balaban J connectivity index is 1.36. The number of rotatable bonds is 10. The molecule has 0 aliphatic carbocycles. The summed E-state index contributed by atoms with van der Waals surface area (Å²) in [4.78, 5) is 19.8. The van der Waals surface area contributed by atoms with Gasteiger partial charge in [0, 0.05) is 17.3 Å². The Morgan fingerprint density at radius 3 is 2.54 bits per heavy atom. The van der Waals surface area contributed by atoms with Crippen LogP contribution in [0.3, 0.4) is 0 Å². The summed E-state index contributed by atoms with van der Waals surface area (Å²) in [6.07, 6.45) is 5.52. The highest BCUT2D eigenvalue weighted by molar-refractivity contribution is 5.86. The Bertz CT molecular complexity index is 898. The van der Waals surface area contributed by atoms with Crippen LogP contribution in [0, 0.1) is 0 Å². The molecule has 0 saturated carbocycles. The Hall–Kier alpha value is -3.15. The zero-order valence-corrected chi connectivity index (χ0v) is 16.0. The maximum absolute atomic E-state index is 11.2. The fraction of sp³-hybridized carbons (Fsp3) is 0.318. The second-order valence-electron chi connectivity index (χ2n) is 6.55. The lowest BCUT2D eigenvalue weighted by Crippen LogP contribution is -2.06. The number of nitrogens with zero attached hydrogens (tertiary/aromatic N) is 2. The van der Waals surface area contributed by atoms with Gasteiger partial charge in [0.05, 0.1) is 13.2 Å². The lowest BCUT2D eigenvalue weighted by molar-refractivity contribution is -0.139. The van der Waals surface area contributed by atoms with Crippen LogP contribution in [0.25, 0.3) is 22.7 Å². The molecular formula is C22H24N2O4. The monoisotopic (exact) mass is 380 g/mol. The van der Waals surface area contributed by atoms with Crippen LogP contribution in [-0.2, 0) is 9.53 Å². The van der Waals surface area contributed by atoms with Gasteiger partial charge in [-0.3, -0.25) is 0 Å². The molecule has 0 amide bonds. The standard InChI is InChI=1S/C22H24N2O4/c1-16(2)22(25)27-15-6-4-3-5-14-26-18-11-9-17(10-12-18)21-24-20-19(28-21)8-7-13-23-20/h7-13H,1,3-6,14-15H2,2H3. The van der Waals surface area contributed by atoms with Crippen molar-refractivity contribution in [3.63, 3.8) is 0 Å². The van der Waals surface area contributed by atoms with Crippen LogP contribution in [0.4, 0.5) is 0 Å². The fourth-order valence-electron chi connectivity index (χ4n) is 2.62. The molecule has 3 aromatic rings. The van der Waals surface area contributed by atoms with E-state index in [1.54, 1.807) is 13.1 Å². The molecule has 2 aromatic heterocycles. The van der Waals surface area contributed by atoms with Gasteiger partial charge in [0.2, 0.25) is 5.89 Å². The molecule has 2 heterocycles. The molecule has 6 nitrogen and oxygen atoms in total. The number of oxazole rings is 1. The molecule has 0 bridgehead atoms. The minimum atomic E-state index is -0.319. The van der Waals surface area contributed by atoms with Crippen LogP contribution in [0.15, 0.2) is 59.2 Å². The van der Waals surface area contributed by atoms with E-state index in [0.717, 1.165) is 37.0 Å². The number of pyridine rings is 1. The Labute approximate surface area is 164 Å². The van der Waals surface area contributed by atoms with E-state index in [9.17, 15) is 4.79 Å². The van der Waals surface area contributed by atoms with Gasteiger partial charge in [0.1, 0.15) is 5.75 Å². The van der Waals surface area contributed by atoms with E-state index in [1.807, 2.05) is 36.4 Å². The average molecular weight is 380 g/mol. The van der Waals surface area contributed by atoms with Gasteiger partial charge in [-0.05, 0) is 69.0 Å². The molecule has 0 N–H and O–H groups in total. The number of benzene rings is 1. The van der Waals surface area contributed by atoms with Crippen molar-refractivity contribution in [1.29, 1.82) is 0 Å². The van der Waals surface area contributed by atoms with Crippen molar-refractivity contribution in [2.24, 2.45) is 0 Å². The Morgan fingerprint density at radius 2 is 1.82 bits per heavy atom. The summed E-state index contributed by atoms with van der Waals surface area (Å²) in [6.45, 7) is 6.30. The van der Waals surface area contributed by atoms with E-state index in [1.165, 1.54) is 0 Å². The highest BCUT2D eigenvalue weighted by atomic mass is 16.5. The lowest BCUT2D eigenvalue weighted by atomic mass is 10.2. The van der Waals surface area contributed by atoms with Gasteiger partial charge in [0.15, 0.2) is 11.2 Å². The number of carbonyl (C=O) groups excluding carboxylic acids is 1. The number of carbonyl (C=O) groups is 1. The lowest BCUT2D eigenvalue weighted by Gasteiger charge is -2.07. The van der Waals surface area contributed by atoms with Gasteiger partial charge < -0.3 is 13.9 Å². The largest absolute Gasteiger partial charge is 0.494 e. The maximum atomic E-state index is 11.2. The van der Waals surface area contributed by atoms with E-state index in [4.69, 9.17) is 13.9 Å². The van der Waals surface area contributed by atoms with Crippen LogP contribution < -0.4 is 4.74 Å². The van der Waals surface area contributed by atoms with Crippen molar-refractivity contribution in [3.05, 3.63) is 54.7 Å².